The molecule has 3 aromatic carbocycles. The highest BCUT2D eigenvalue weighted by atomic mass is 35.5. The summed E-state index contributed by atoms with van der Waals surface area (Å²) in [6.07, 6.45) is 0. The standard InChI is InChI=1S/C21H18ClFN2O3S/c1-15-4-2-7-19(12-15)25(29(27,28)20-10-8-16(22)9-11-20)14-21(26)24-18-6-3-5-17(23)13-18/h2-13H,14H2,1H3,(H,24,26). The molecule has 0 aliphatic rings. The van der Waals surface area contributed by atoms with Crippen LogP contribution in [0.15, 0.2) is 77.7 Å². The molecule has 0 atom stereocenters. The van der Waals surface area contributed by atoms with Gasteiger partial charge in [0.05, 0.1) is 10.6 Å². The molecule has 1 amide bonds. The van der Waals surface area contributed by atoms with Gasteiger partial charge in [-0.1, -0.05) is 29.8 Å². The fraction of sp³-hybridized carbons (Fsp3) is 0.0952. The summed E-state index contributed by atoms with van der Waals surface area (Å²) in [4.78, 5) is 12.6. The van der Waals surface area contributed by atoms with Crippen LogP contribution in [0.4, 0.5) is 15.8 Å². The van der Waals surface area contributed by atoms with Crippen molar-refractivity contribution < 1.29 is 17.6 Å². The van der Waals surface area contributed by atoms with E-state index in [-0.39, 0.29) is 10.6 Å². The molecule has 0 saturated heterocycles. The van der Waals surface area contributed by atoms with Gasteiger partial charge in [-0.05, 0) is 67.1 Å². The maximum Gasteiger partial charge on any atom is 0.264 e. The average Bonchev–Trinajstić information content (AvgIpc) is 2.66. The van der Waals surface area contributed by atoms with Gasteiger partial charge in [-0.25, -0.2) is 12.8 Å². The monoisotopic (exact) mass is 432 g/mol. The largest absolute Gasteiger partial charge is 0.324 e. The first-order valence-electron chi connectivity index (χ1n) is 8.66. The lowest BCUT2D eigenvalue weighted by Gasteiger charge is -2.24. The van der Waals surface area contributed by atoms with Crippen molar-refractivity contribution in [3.63, 3.8) is 0 Å². The summed E-state index contributed by atoms with van der Waals surface area (Å²) < 4.78 is 40.9. The van der Waals surface area contributed by atoms with Crippen molar-refractivity contribution in [2.75, 3.05) is 16.2 Å². The number of amides is 1. The number of nitrogens with one attached hydrogen (secondary N) is 1. The first kappa shape index (κ1) is 20.8. The summed E-state index contributed by atoms with van der Waals surface area (Å²) in [6.45, 7) is 1.34. The van der Waals surface area contributed by atoms with Gasteiger partial charge < -0.3 is 5.32 Å². The Morgan fingerprint density at radius 2 is 1.72 bits per heavy atom. The second-order valence-electron chi connectivity index (χ2n) is 6.36. The van der Waals surface area contributed by atoms with Gasteiger partial charge in [0.2, 0.25) is 5.91 Å². The maximum absolute atomic E-state index is 13.4. The van der Waals surface area contributed by atoms with E-state index in [0.29, 0.717) is 10.7 Å². The number of aryl methyl sites for hydroxylation is 1. The minimum atomic E-state index is -4.04. The lowest BCUT2D eigenvalue weighted by molar-refractivity contribution is -0.114. The van der Waals surface area contributed by atoms with Gasteiger partial charge in [0.25, 0.3) is 10.0 Å². The van der Waals surface area contributed by atoms with Crippen LogP contribution >= 0.6 is 11.6 Å². The molecule has 0 aliphatic heterocycles. The Balaban J connectivity index is 1.95. The van der Waals surface area contributed by atoms with Gasteiger partial charge in [-0.2, -0.15) is 0 Å². The highest BCUT2D eigenvalue weighted by Gasteiger charge is 2.27. The van der Waals surface area contributed by atoms with E-state index in [2.05, 4.69) is 5.32 Å². The number of sulfonamides is 1. The van der Waals surface area contributed by atoms with Crippen LogP contribution in [-0.2, 0) is 14.8 Å². The van der Waals surface area contributed by atoms with Crippen LogP contribution in [0.1, 0.15) is 5.56 Å². The molecular formula is C21H18ClFN2O3S. The maximum atomic E-state index is 13.4. The lowest BCUT2D eigenvalue weighted by Crippen LogP contribution is -2.38. The number of rotatable bonds is 6. The average molecular weight is 433 g/mol. The number of carbonyl (C=O) groups excluding carboxylic acids is 1. The Kier molecular flexibility index (Phi) is 6.20. The van der Waals surface area contributed by atoms with Crippen LogP contribution in [0, 0.1) is 12.7 Å². The lowest BCUT2D eigenvalue weighted by atomic mass is 10.2. The normalized spacial score (nSPS) is 11.1. The van der Waals surface area contributed by atoms with Crippen molar-refractivity contribution in [3.8, 4) is 0 Å². The highest BCUT2D eigenvalue weighted by molar-refractivity contribution is 7.92. The summed E-state index contributed by atoms with van der Waals surface area (Å²) in [5.41, 5.74) is 1.42. The number of halogens is 2. The number of carbonyl (C=O) groups is 1. The SMILES string of the molecule is Cc1cccc(N(CC(=O)Nc2cccc(F)c2)S(=O)(=O)c2ccc(Cl)cc2)c1. The van der Waals surface area contributed by atoms with Gasteiger partial charge in [0, 0.05) is 10.7 Å². The second-order valence-corrected chi connectivity index (χ2v) is 8.66. The third-order valence-corrected chi connectivity index (χ3v) is 6.13. The van der Waals surface area contributed by atoms with Gasteiger partial charge in [0.1, 0.15) is 12.4 Å². The van der Waals surface area contributed by atoms with E-state index < -0.39 is 28.3 Å². The summed E-state index contributed by atoms with van der Waals surface area (Å²) in [7, 11) is -4.04. The van der Waals surface area contributed by atoms with E-state index in [0.717, 1.165) is 15.9 Å². The topological polar surface area (TPSA) is 66.5 Å². The Morgan fingerprint density at radius 1 is 1.03 bits per heavy atom. The third kappa shape index (κ3) is 5.13. The minimum Gasteiger partial charge on any atom is -0.324 e. The van der Waals surface area contributed by atoms with E-state index in [9.17, 15) is 17.6 Å². The van der Waals surface area contributed by atoms with E-state index in [1.54, 1.807) is 18.2 Å². The first-order valence-corrected chi connectivity index (χ1v) is 10.5. The molecule has 0 spiro atoms. The number of benzene rings is 3. The predicted octanol–water partition coefficient (Wildman–Crippen LogP) is 4.62. The molecule has 3 rings (SSSR count). The van der Waals surface area contributed by atoms with Crippen molar-refractivity contribution in [2.24, 2.45) is 0 Å². The van der Waals surface area contributed by atoms with Crippen LogP contribution in [0.3, 0.4) is 0 Å². The molecule has 0 aliphatic carbocycles. The van der Waals surface area contributed by atoms with Crippen LogP contribution < -0.4 is 9.62 Å². The van der Waals surface area contributed by atoms with Crippen molar-refractivity contribution in [1.29, 1.82) is 0 Å². The summed E-state index contributed by atoms with van der Waals surface area (Å²) >= 11 is 5.86. The highest BCUT2D eigenvalue weighted by Crippen LogP contribution is 2.25. The van der Waals surface area contributed by atoms with E-state index in [1.807, 2.05) is 13.0 Å². The van der Waals surface area contributed by atoms with Gasteiger partial charge in [0.15, 0.2) is 0 Å². The molecule has 8 heteroatoms. The third-order valence-electron chi connectivity index (χ3n) is 4.09. The minimum absolute atomic E-state index is 0.00182. The van der Waals surface area contributed by atoms with E-state index in [1.165, 1.54) is 42.5 Å². The summed E-state index contributed by atoms with van der Waals surface area (Å²) in [5.74, 6) is -1.11. The second kappa shape index (κ2) is 8.63. The fourth-order valence-electron chi connectivity index (χ4n) is 2.73. The first-order chi connectivity index (χ1) is 13.8. The number of hydrogen-bond donors (Lipinski definition) is 1. The van der Waals surface area contributed by atoms with Gasteiger partial charge in [-0.15, -0.1) is 0 Å². The molecular weight excluding hydrogens is 415 g/mol. The molecule has 1 N–H and O–H groups in total. The molecule has 0 radical (unpaired) electrons. The van der Waals surface area contributed by atoms with Crippen molar-refractivity contribution >= 4 is 38.9 Å². The van der Waals surface area contributed by atoms with Crippen LogP contribution in [-0.4, -0.2) is 20.9 Å². The Labute approximate surface area is 173 Å². The smallest absolute Gasteiger partial charge is 0.264 e. The molecule has 0 aromatic heterocycles. The van der Waals surface area contributed by atoms with Crippen molar-refractivity contribution in [2.45, 2.75) is 11.8 Å². The molecule has 0 unspecified atom stereocenters. The molecule has 0 bridgehead atoms. The molecule has 5 nitrogen and oxygen atoms in total. The number of hydrogen-bond acceptors (Lipinski definition) is 3. The zero-order valence-electron chi connectivity index (χ0n) is 15.5. The van der Waals surface area contributed by atoms with Crippen molar-refractivity contribution in [3.05, 3.63) is 89.2 Å². The molecule has 0 fully saturated rings. The number of nitrogens with zero attached hydrogens (tertiary/aromatic N) is 1. The predicted molar refractivity (Wildman–Crippen MR) is 112 cm³/mol. The molecule has 0 saturated carbocycles. The zero-order valence-corrected chi connectivity index (χ0v) is 17.0. The van der Waals surface area contributed by atoms with Gasteiger partial charge >= 0.3 is 0 Å². The zero-order chi connectivity index (χ0) is 21.0. The molecule has 0 heterocycles. The Morgan fingerprint density at radius 3 is 2.38 bits per heavy atom. The van der Waals surface area contributed by atoms with E-state index >= 15 is 0 Å². The Bertz CT molecular complexity index is 1130. The summed E-state index contributed by atoms with van der Waals surface area (Å²) in [6, 6.07) is 17.9. The Hall–Kier alpha value is -2.90. The molecule has 3 aromatic rings. The van der Waals surface area contributed by atoms with Crippen LogP contribution in [0.25, 0.3) is 0 Å². The van der Waals surface area contributed by atoms with Crippen LogP contribution in [0.5, 0.6) is 0 Å². The van der Waals surface area contributed by atoms with Crippen molar-refractivity contribution in [1.82, 2.24) is 0 Å². The fourth-order valence-corrected chi connectivity index (χ4v) is 4.27. The quantitative estimate of drug-likeness (QED) is 0.618. The molecule has 150 valence electrons. The number of anilines is 2. The van der Waals surface area contributed by atoms with Crippen LogP contribution in [0.2, 0.25) is 5.02 Å². The summed E-state index contributed by atoms with van der Waals surface area (Å²) in [5, 5.41) is 2.92. The van der Waals surface area contributed by atoms with E-state index in [4.69, 9.17) is 11.6 Å². The molecule has 29 heavy (non-hydrogen) atoms. The van der Waals surface area contributed by atoms with Gasteiger partial charge in [-0.3, -0.25) is 9.10 Å².